The molecule has 1 saturated carbocycles. The van der Waals surface area contributed by atoms with Crippen molar-refractivity contribution in [2.24, 2.45) is 0 Å². The van der Waals surface area contributed by atoms with Crippen LogP contribution >= 0.6 is 23.1 Å². The van der Waals surface area contributed by atoms with E-state index in [4.69, 9.17) is 16.3 Å². The molecular weight excluding hydrogens is 496 g/mol. The van der Waals surface area contributed by atoms with Gasteiger partial charge < -0.3 is 9.84 Å². The Balaban J connectivity index is 1.30. The summed E-state index contributed by atoms with van der Waals surface area (Å²) in [6, 6.07) is 15.8. The van der Waals surface area contributed by atoms with Crippen LogP contribution in [0, 0.1) is 6.92 Å². The molecule has 1 atom stereocenters. The van der Waals surface area contributed by atoms with Crippen molar-refractivity contribution in [2.75, 3.05) is 5.32 Å². The number of rotatable bonds is 7. The summed E-state index contributed by atoms with van der Waals surface area (Å²) in [6.07, 6.45) is 3.18. The zero-order chi connectivity index (χ0) is 25.4. The lowest BCUT2D eigenvalue weighted by Crippen LogP contribution is -2.22. The van der Waals surface area contributed by atoms with Crippen molar-refractivity contribution in [1.29, 1.82) is 0 Å². The molecule has 8 heteroatoms. The molecule has 0 aliphatic heterocycles. The van der Waals surface area contributed by atoms with E-state index in [1.165, 1.54) is 11.5 Å². The molecule has 0 radical (unpaired) electrons. The maximum absolute atomic E-state index is 12.6. The predicted molar refractivity (Wildman–Crippen MR) is 143 cm³/mol. The van der Waals surface area contributed by atoms with Gasteiger partial charge in [-0.2, -0.15) is 4.37 Å². The van der Waals surface area contributed by atoms with E-state index in [2.05, 4.69) is 9.69 Å². The van der Waals surface area contributed by atoms with Gasteiger partial charge in [-0.15, -0.1) is 0 Å². The fraction of sp³-hybridized carbons (Fsp3) is 0.321. The second-order valence-corrected chi connectivity index (χ2v) is 10.7. The highest BCUT2D eigenvalue weighted by atomic mass is 35.5. The first-order valence-corrected chi connectivity index (χ1v) is 13.2. The van der Waals surface area contributed by atoms with Crippen molar-refractivity contribution >= 4 is 40.9 Å². The molecule has 1 fully saturated rings. The smallest absolute Gasteiger partial charge is 0.412 e. The molecule has 0 spiro atoms. The number of hydrogen-bond donors (Lipinski definition) is 2. The Morgan fingerprint density at radius 1 is 1.06 bits per heavy atom. The van der Waals surface area contributed by atoms with Gasteiger partial charge in [-0.3, -0.25) is 10.1 Å². The van der Waals surface area contributed by atoms with Crippen molar-refractivity contribution < 1.29 is 19.4 Å². The summed E-state index contributed by atoms with van der Waals surface area (Å²) in [7, 11) is 0. The summed E-state index contributed by atoms with van der Waals surface area (Å²) < 4.78 is 10.0. The van der Waals surface area contributed by atoms with Gasteiger partial charge in [0.25, 0.3) is 0 Å². The highest BCUT2D eigenvalue weighted by molar-refractivity contribution is 7.10. The third kappa shape index (κ3) is 4.65. The van der Waals surface area contributed by atoms with Crippen LogP contribution in [0.5, 0.6) is 0 Å². The largest absolute Gasteiger partial charge is 0.481 e. The van der Waals surface area contributed by atoms with Crippen molar-refractivity contribution in [3.63, 3.8) is 0 Å². The summed E-state index contributed by atoms with van der Waals surface area (Å²) in [5, 5.41) is 13.2. The zero-order valence-electron chi connectivity index (χ0n) is 20.1. The number of halogens is 1. The molecule has 3 aromatic rings. The second kappa shape index (κ2) is 9.71. The lowest BCUT2D eigenvalue weighted by atomic mass is 9.93. The number of allylic oxidation sites excluding steroid dienone is 1. The van der Waals surface area contributed by atoms with E-state index < -0.39 is 17.5 Å². The minimum Gasteiger partial charge on any atom is -0.481 e. The van der Waals surface area contributed by atoms with Gasteiger partial charge in [-0.1, -0.05) is 60.1 Å². The number of ether oxygens (including phenoxy) is 1. The number of amides is 1. The third-order valence-electron chi connectivity index (χ3n) is 7.13. The number of carbonyl (C=O) groups is 2. The molecule has 5 rings (SSSR count). The van der Waals surface area contributed by atoms with E-state index in [0.717, 1.165) is 62.7 Å². The zero-order valence-corrected chi connectivity index (χ0v) is 21.7. The molecule has 1 heterocycles. The maximum atomic E-state index is 12.6. The standard InChI is InChI=1S/C28H27ClN2O4S/c1-16-24(30-27(34)35-17(2)22-4-3-5-23(22)29)25(36-31-16)20-8-6-18(7-9-20)19-10-12-21(13-11-19)28(14-15-28)26(32)33/h6-13,17H,3-5,14-15H2,1-2H3,(H,30,34)(H,32,33)/t17-/m0/s1. The Bertz CT molecular complexity index is 1340. The van der Waals surface area contributed by atoms with Crippen molar-refractivity contribution in [1.82, 2.24) is 4.37 Å². The minimum atomic E-state index is -0.748. The van der Waals surface area contributed by atoms with E-state index in [1.54, 1.807) is 0 Å². The number of anilines is 1. The van der Waals surface area contributed by atoms with Crippen LogP contribution in [0.15, 0.2) is 59.1 Å². The van der Waals surface area contributed by atoms with E-state index >= 15 is 0 Å². The van der Waals surface area contributed by atoms with E-state index in [1.807, 2.05) is 62.4 Å². The first kappa shape index (κ1) is 24.5. The summed E-state index contributed by atoms with van der Waals surface area (Å²) in [4.78, 5) is 25.1. The van der Waals surface area contributed by atoms with E-state index in [0.29, 0.717) is 18.5 Å². The van der Waals surface area contributed by atoms with Crippen LogP contribution in [0.4, 0.5) is 10.5 Å². The fourth-order valence-electron chi connectivity index (χ4n) is 4.78. The molecule has 0 bridgehead atoms. The molecule has 0 unspecified atom stereocenters. The van der Waals surface area contributed by atoms with Crippen LogP contribution in [0.1, 0.15) is 50.3 Å². The Labute approximate surface area is 219 Å². The molecule has 36 heavy (non-hydrogen) atoms. The molecule has 1 aromatic heterocycles. The average Bonchev–Trinajstić information content (AvgIpc) is 3.46. The first-order valence-electron chi connectivity index (χ1n) is 12.0. The second-order valence-electron chi connectivity index (χ2n) is 9.47. The number of carbonyl (C=O) groups excluding carboxylic acids is 1. The monoisotopic (exact) mass is 522 g/mol. The van der Waals surface area contributed by atoms with Crippen LogP contribution in [-0.2, 0) is 14.9 Å². The third-order valence-corrected chi connectivity index (χ3v) is 8.55. The molecule has 186 valence electrons. The predicted octanol–water partition coefficient (Wildman–Crippen LogP) is 7.52. The van der Waals surface area contributed by atoms with Crippen LogP contribution < -0.4 is 5.32 Å². The van der Waals surface area contributed by atoms with Crippen LogP contribution in [0.25, 0.3) is 21.6 Å². The van der Waals surface area contributed by atoms with Gasteiger partial charge in [-0.05, 0) is 85.3 Å². The van der Waals surface area contributed by atoms with Crippen LogP contribution in [-0.4, -0.2) is 27.6 Å². The molecular formula is C28H27ClN2O4S. The first-order chi connectivity index (χ1) is 17.3. The summed E-state index contributed by atoms with van der Waals surface area (Å²) in [5.41, 5.74) is 5.50. The van der Waals surface area contributed by atoms with Gasteiger partial charge in [0.2, 0.25) is 0 Å². The summed E-state index contributed by atoms with van der Waals surface area (Å²) in [5.74, 6) is -0.748. The number of nitrogens with zero attached hydrogens (tertiary/aromatic N) is 1. The fourth-order valence-corrected chi connectivity index (χ4v) is 6.01. The van der Waals surface area contributed by atoms with Gasteiger partial charge >= 0.3 is 12.1 Å². The molecule has 2 aliphatic carbocycles. The van der Waals surface area contributed by atoms with Gasteiger partial charge in [-0.25, -0.2) is 4.79 Å². The molecule has 2 N–H and O–H groups in total. The number of benzene rings is 2. The number of aryl methyl sites for hydroxylation is 1. The normalized spacial score (nSPS) is 17.1. The Kier molecular flexibility index (Phi) is 6.62. The molecule has 0 saturated heterocycles. The number of carboxylic acid groups (broad SMARTS) is 1. The van der Waals surface area contributed by atoms with Crippen molar-refractivity contribution in [2.45, 2.75) is 57.5 Å². The minimum absolute atomic E-state index is 0.369. The van der Waals surface area contributed by atoms with E-state index in [9.17, 15) is 14.7 Å². The van der Waals surface area contributed by atoms with E-state index in [-0.39, 0.29) is 6.10 Å². The molecule has 1 amide bonds. The Morgan fingerprint density at radius 2 is 1.67 bits per heavy atom. The van der Waals surface area contributed by atoms with Crippen LogP contribution in [0.3, 0.4) is 0 Å². The highest BCUT2D eigenvalue weighted by Gasteiger charge is 2.51. The lowest BCUT2D eigenvalue weighted by Gasteiger charge is -2.16. The summed E-state index contributed by atoms with van der Waals surface area (Å²) >= 11 is 7.59. The molecule has 2 aromatic carbocycles. The van der Waals surface area contributed by atoms with Crippen molar-refractivity contribution in [3.8, 4) is 21.6 Å². The molecule has 2 aliphatic rings. The topological polar surface area (TPSA) is 88.5 Å². The Morgan fingerprint density at radius 3 is 2.22 bits per heavy atom. The quantitative estimate of drug-likeness (QED) is 0.335. The maximum Gasteiger partial charge on any atom is 0.412 e. The van der Waals surface area contributed by atoms with Gasteiger partial charge in [0.1, 0.15) is 6.10 Å². The lowest BCUT2D eigenvalue weighted by molar-refractivity contribution is -0.140. The highest BCUT2D eigenvalue weighted by Crippen LogP contribution is 2.48. The van der Waals surface area contributed by atoms with Gasteiger partial charge in [0.15, 0.2) is 0 Å². The van der Waals surface area contributed by atoms with Crippen LogP contribution in [0.2, 0.25) is 0 Å². The number of aliphatic carboxylic acids is 1. The summed E-state index contributed by atoms with van der Waals surface area (Å²) in [6.45, 7) is 3.70. The van der Waals surface area contributed by atoms with Gasteiger partial charge in [0, 0.05) is 5.03 Å². The average molecular weight is 523 g/mol. The van der Waals surface area contributed by atoms with Crippen molar-refractivity contribution in [3.05, 3.63) is 70.4 Å². The Hall–Kier alpha value is -3.16. The number of nitrogens with one attached hydrogen (secondary N) is 1. The SMILES string of the molecule is Cc1nsc(-c2ccc(-c3ccc(C4(C(=O)O)CC4)cc3)cc2)c1NC(=O)O[C@@H](C)C1=C(Cl)CCC1. The van der Waals surface area contributed by atoms with Gasteiger partial charge in [0.05, 0.1) is 21.7 Å². The number of hydrogen-bond acceptors (Lipinski definition) is 5. The number of aromatic nitrogens is 1. The molecule has 6 nitrogen and oxygen atoms in total. The number of carboxylic acids is 1.